The van der Waals surface area contributed by atoms with Crippen LogP contribution in [0.4, 0.5) is 5.82 Å². The van der Waals surface area contributed by atoms with Crippen LogP contribution in [0.3, 0.4) is 0 Å². The summed E-state index contributed by atoms with van der Waals surface area (Å²) >= 11 is 0. The average molecular weight is 368 g/mol. The molecule has 2 N–H and O–H groups in total. The maximum atomic E-state index is 12.1. The van der Waals surface area contributed by atoms with Gasteiger partial charge in [-0.3, -0.25) is 4.79 Å². The first-order chi connectivity index (χ1) is 13.2. The van der Waals surface area contributed by atoms with Crippen molar-refractivity contribution in [1.82, 2.24) is 15.3 Å². The van der Waals surface area contributed by atoms with E-state index in [0.29, 0.717) is 31.3 Å². The Morgan fingerprint density at radius 3 is 2.59 bits per heavy atom. The van der Waals surface area contributed by atoms with Crippen molar-refractivity contribution in [2.45, 2.75) is 6.54 Å². The number of aromatic nitrogens is 2. The molecule has 0 bridgehead atoms. The number of benzene rings is 1. The summed E-state index contributed by atoms with van der Waals surface area (Å²) < 4.78 is 15.9. The minimum Gasteiger partial charge on any atom is -0.497 e. The van der Waals surface area contributed by atoms with Crippen molar-refractivity contribution in [2.75, 3.05) is 25.6 Å². The van der Waals surface area contributed by atoms with Crippen LogP contribution in [0.2, 0.25) is 0 Å². The molecule has 0 fully saturated rings. The third kappa shape index (κ3) is 5.46. The largest absolute Gasteiger partial charge is 0.497 e. The Labute approximate surface area is 156 Å². The molecule has 1 aromatic carbocycles. The van der Waals surface area contributed by atoms with Gasteiger partial charge in [-0.2, -0.15) is 0 Å². The molecule has 0 radical (unpaired) electrons. The topological polar surface area (TPSA) is 98.5 Å². The highest BCUT2D eigenvalue weighted by Gasteiger charge is 2.08. The average Bonchev–Trinajstić information content (AvgIpc) is 3.24. The number of nitrogens with one attached hydrogen (secondary N) is 2. The number of nitrogens with zero attached hydrogens (tertiary/aromatic N) is 2. The molecule has 0 spiro atoms. The Kier molecular flexibility index (Phi) is 6.24. The van der Waals surface area contributed by atoms with Crippen LogP contribution in [0.15, 0.2) is 59.5 Å². The minimum atomic E-state index is -0.307. The SMILES string of the molecule is COc1ccc(OCCNC(=O)c2cnc(NCc3ccco3)cn2)cc1. The van der Waals surface area contributed by atoms with Crippen molar-refractivity contribution < 1.29 is 18.7 Å². The molecular formula is C19H20N4O4. The molecule has 0 aliphatic rings. The Bertz CT molecular complexity index is 833. The monoisotopic (exact) mass is 368 g/mol. The van der Waals surface area contributed by atoms with Crippen LogP contribution >= 0.6 is 0 Å². The number of anilines is 1. The molecule has 0 aliphatic heterocycles. The van der Waals surface area contributed by atoms with Gasteiger partial charge in [0, 0.05) is 0 Å². The minimum absolute atomic E-state index is 0.239. The molecule has 2 heterocycles. The lowest BCUT2D eigenvalue weighted by atomic mass is 10.3. The van der Waals surface area contributed by atoms with Crippen LogP contribution in [-0.2, 0) is 6.54 Å². The molecule has 3 rings (SSSR count). The van der Waals surface area contributed by atoms with Gasteiger partial charge in [0.1, 0.15) is 35.4 Å². The molecule has 8 heteroatoms. The zero-order valence-corrected chi connectivity index (χ0v) is 14.8. The number of ether oxygens (including phenoxy) is 2. The molecule has 140 valence electrons. The summed E-state index contributed by atoms with van der Waals surface area (Å²) in [5.74, 6) is 2.51. The van der Waals surface area contributed by atoms with Gasteiger partial charge in [-0.05, 0) is 36.4 Å². The van der Waals surface area contributed by atoms with E-state index >= 15 is 0 Å². The quantitative estimate of drug-likeness (QED) is 0.560. The molecule has 0 aliphatic carbocycles. The number of carbonyl (C=O) groups is 1. The lowest BCUT2D eigenvalue weighted by Gasteiger charge is -2.08. The van der Waals surface area contributed by atoms with Crippen LogP contribution in [0.25, 0.3) is 0 Å². The second-order valence-corrected chi connectivity index (χ2v) is 5.50. The van der Waals surface area contributed by atoms with Gasteiger partial charge in [0.05, 0.1) is 38.9 Å². The smallest absolute Gasteiger partial charge is 0.271 e. The van der Waals surface area contributed by atoms with Gasteiger partial charge < -0.3 is 24.5 Å². The maximum Gasteiger partial charge on any atom is 0.271 e. The fourth-order valence-corrected chi connectivity index (χ4v) is 2.22. The Balaban J connectivity index is 1.39. The molecule has 0 saturated carbocycles. The number of rotatable bonds is 9. The van der Waals surface area contributed by atoms with Gasteiger partial charge in [-0.15, -0.1) is 0 Å². The van der Waals surface area contributed by atoms with Crippen molar-refractivity contribution in [3.8, 4) is 11.5 Å². The standard InChI is InChI=1S/C19H20N4O4/c1-25-14-4-6-15(7-5-14)27-10-8-20-19(24)17-12-23-18(13-21-17)22-11-16-3-2-9-26-16/h2-7,9,12-13H,8,10-11H2,1H3,(H,20,24)(H,22,23). The fraction of sp³-hybridized carbons (Fsp3) is 0.211. The van der Waals surface area contributed by atoms with Gasteiger partial charge in [-0.1, -0.05) is 0 Å². The summed E-state index contributed by atoms with van der Waals surface area (Å²) in [5.41, 5.74) is 0.239. The summed E-state index contributed by atoms with van der Waals surface area (Å²) in [7, 11) is 1.61. The van der Waals surface area contributed by atoms with E-state index in [-0.39, 0.29) is 11.6 Å². The van der Waals surface area contributed by atoms with Crippen molar-refractivity contribution >= 4 is 11.7 Å². The van der Waals surface area contributed by atoms with Crippen LogP contribution in [0.1, 0.15) is 16.2 Å². The maximum absolute atomic E-state index is 12.1. The summed E-state index contributed by atoms with van der Waals surface area (Å²) in [6.45, 7) is 1.19. The highest BCUT2D eigenvalue weighted by atomic mass is 16.5. The number of hydrogen-bond donors (Lipinski definition) is 2. The van der Waals surface area contributed by atoms with E-state index in [9.17, 15) is 4.79 Å². The normalized spacial score (nSPS) is 10.3. The Morgan fingerprint density at radius 2 is 1.93 bits per heavy atom. The van der Waals surface area contributed by atoms with Crippen LogP contribution in [-0.4, -0.2) is 36.1 Å². The van der Waals surface area contributed by atoms with Crippen LogP contribution < -0.4 is 20.1 Å². The second-order valence-electron chi connectivity index (χ2n) is 5.50. The molecule has 0 saturated heterocycles. The van der Waals surface area contributed by atoms with E-state index in [4.69, 9.17) is 13.9 Å². The van der Waals surface area contributed by atoms with Crippen molar-refractivity contribution in [3.63, 3.8) is 0 Å². The number of hydrogen-bond acceptors (Lipinski definition) is 7. The lowest BCUT2D eigenvalue weighted by molar-refractivity contribution is 0.0941. The highest BCUT2D eigenvalue weighted by Crippen LogP contribution is 2.16. The zero-order chi connectivity index (χ0) is 18.9. The number of furan rings is 1. The summed E-state index contributed by atoms with van der Waals surface area (Å²) in [6, 6.07) is 10.9. The van der Waals surface area contributed by atoms with E-state index in [2.05, 4.69) is 20.6 Å². The van der Waals surface area contributed by atoms with Gasteiger partial charge in [-0.25, -0.2) is 9.97 Å². The van der Waals surface area contributed by atoms with E-state index in [1.807, 2.05) is 24.3 Å². The van der Waals surface area contributed by atoms with E-state index < -0.39 is 0 Å². The lowest BCUT2D eigenvalue weighted by Crippen LogP contribution is -2.28. The molecular weight excluding hydrogens is 348 g/mol. The van der Waals surface area contributed by atoms with Gasteiger partial charge in [0.2, 0.25) is 0 Å². The third-order valence-electron chi connectivity index (χ3n) is 3.62. The van der Waals surface area contributed by atoms with E-state index in [1.54, 1.807) is 25.5 Å². The van der Waals surface area contributed by atoms with Gasteiger partial charge >= 0.3 is 0 Å². The number of amides is 1. The molecule has 0 unspecified atom stereocenters. The first kappa shape index (κ1) is 18.2. The molecule has 27 heavy (non-hydrogen) atoms. The summed E-state index contributed by atoms with van der Waals surface area (Å²) in [5, 5.41) is 5.80. The van der Waals surface area contributed by atoms with E-state index in [0.717, 1.165) is 11.5 Å². The predicted molar refractivity (Wildman–Crippen MR) is 98.9 cm³/mol. The predicted octanol–water partition coefficient (Wildman–Crippen LogP) is 2.50. The third-order valence-corrected chi connectivity index (χ3v) is 3.62. The molecule has 2 aromatic heterocycles. The summed E-state index contributed by atoms with van der Waals surface area (Å²) in [6.07, 6.45) is 4.53. The number of carbonyl (C=O) groups excluding carboxylic acids is 1. The molecule has 8 nitrogen and oxygen atoms in total. The van der Waals surface area contributed by atoms with Gasteiger partial charge in [0.25, 0.3) is 5.91 Å². The van der Waals surface area contributed by atoms with Crippen molar-refractivity contribution in [2.24, 2.45) is 0 Å². The summed E-state index contributed by atoms with van der Waals surface area (Å²) in [4.78, 5) is 20.4. The Morgan fingerprint density at radius 1 is 1.11 bits per heavy atom. The molecule has 0 atom stereocenters. The molecule has 1 amide bonds. The van der Waals surface area contributed by atoms with Crippen molar-refractivity contribution in [1.29, 1.82) is 0 Å². The van der Waals surface area contributed by atoms with Crippen LogP contribution in [0.5, 0.6) is 11.5 Å². The van der Waals surface area contributed by atoms with Gasteiger partial charge in [0.15, 0.2) is 0 Å². The number of methoxy groups -OCH3 is 1. The first-order valence-corrected chi connectivity index (χ1v) is 8.38. The molecule has 3 aromatic rings. The highest BCUT2D eigenvalue weighted by molar-refractivity contribution is 5.91. The Hall–Kier alpha value is -3.55. The van der Waals surface area contributed by atoms with E-state index in [1.165, 1.54) is 12.4 Å². The first-order valence-electron chi connectivity index (χ1n) is 8.38. The second kappa shape index (κ2) is 9.23. The fourth-order valence-electron chi connectivity index (χ4n) is 2.22. The van der Waals surface area contributed by atoms with Crippen molar-refractivity contribution in [3.05, 3.63) is 66.5 Å². The van der Waals surface area contributed by atoms with Crippen LogP contribution in [0, 0.1) is 0 Å². The zero-order valence-electron chi connectivity index (χ0n) is 14.8.